The van der Waals surface area contributed by atoms with Crippen LogP contribution in [0.4, 0.5) is 5.69 Å². The van der Waals surface area contributed by atoms with Gasteiger partial charge in [0, 0.05) is 24.3 Å². The summed E-state index contributed by atoms with van der Waals surface area (Å²) in [6, 6.07) is 15.0. The molecule has 0 unspecified atom stereocenters. The summed E-state index contributed by atoms with van der Waals surface area (Å²) >= 11 is 0. The molecule has 5 nitrogen and oxygen atoms in total. The first kappa shape index (κ1) is 17.7. The van der Waals surface area contributed by atoms with Crippen molar-refractivity contribution in [1.82, 2.24) is 5.43 Å². The van der Waals surface area contributed by atoms with Gasteiger partial charge in [-0.05, 0) is 49.2 Å². The maximum Gasteiger partial charge on any atom is 0.271 e. The van der Waals surface area contributed by atoms with Gasteiger partial charge in [-0.3, -0.25) is 4.79 Å². The molecule has 0 saturated heterocycles. The van der Waals surface area contributed by atoms with E-state index in [2.05, 4.69) is 28.4 Å². The van der Waals surface area contributed by atoms with Crippen molar-refractivity contribution in [3.8, 4) is 0 Å². The van der Waals surface area contributed by atoms with Gasteiger partial charge in [0.05, 0.1) is 12.8 Å². The second-order valence-corrected chi connectivity index (χ2v) is 5.41. The Kier molecular flexibility index (Phi) is 6.51. The normalized spacial score (nSPS) is 10.8. The highest BCUT2D eigenvalue weighted by Crippen LogP contribution is 2.18. The number of rotatable bonds is 7. The molecule has 0 aromatic heterocycles. The summed E-state index contributed by atoms with van der Waals surface area (Å²) < 4.78 is 0. The third-order valence-electron chi connectivity index (χ3n) is 3.78. The molecule has 1 amide bonds. The number of anilines is 1. The Morgan fingerprint density at radius 3 is 2.62 bits per heavy atom. The van der Waals surface area contributed by atoms with Gasteiger partial charge in [0.25, 0.3) is 5.91 Å². The standard InChI is InChI=1S/C19H23N3O2/c1-3-22(11-12-23)18-10-9-17(15(2)13-18)14-20-21-19(24)16-7-5-4-6-8-16/h4-10,13-14,23H,3,11-12H2,1-2H3,(H,21,24)/b20-14-. The van der Waals surface area contributed by atoms with Gasteiger partial charge in [-0.1, -0.05) is 24.3 Å². The molecule has 0 fully saturated rings. The average molecular weight is 325 g/mol. The molecule has 0 heterocycles. The van der Waals surface area contributed by atoms with Crippen molar-refractivity contribution in [2.45, 2.75) is 13.8 Å². The number of aliphatic hydroxyl groups excluding tert-OH is 1. The zero-order valence-electron chi connectivity index (χ0n) is 14.1. The highest BCUT2D eigenvalue weighted by atomic mass is 16.3. The highest BCUT2D eigenvalue weighted by Gasteiger charge is 2.06. The third-order valence-corrected chi connectivity index (χ3v) is 3.78. The fourth-order valence-corrected chi connectivity index (χ4v) is 2.41. The summed E-state index contributed by atoms with van der Waals surface area (Å²) in [4.78, 5) is 14.0. The summed E-state index contributed by atoms with van der Waals surface area (Å²) in [6.07, 6.45) is 1.64. The smallest absolute Gasteiger partial charge is 0.271 e. The molecule has 126 valence electrons. The van der Waals surface area contributed by atoms with Crippen molar-refractivity contribution < 1.29 is 9.90 Å². The number of carbonyl (C=O) groups excluding carboxylic acids is 1. The number of nitrogens with zero attached hydrogens (tertiary/aromatic N) is 2. The first-order valence-corrected chi connectivity index (χ1v) is 8.00. The highest BCUT2D eigenvalue weighted by molar-refractivity contribution is 5.94. The van der Waals surface area contributed by atoms with Gasteiger partial charge < -0.3 is 10.0 Å². The van der Waals surface area contributed by atoms with Crippen LogP contribution in [0.5, 0.6) is 0 Å². The van der Waals surface area contributed by atoms with Crippen molar-refractivity contribution in [2.24, 2.45) is 5.10 Å². The zero-order valence-corrected chi connectivity index (χ0v) is 14.1. The summed E-state index contributed by atoms with van der Waals surface area (Å²) in [5.74, 6) is -0.235. The fourth-order valence-electron chi connectivity index (χ4n) is 2.41. The van der Waals surface area contributed by atoms with Crippen LogP contribution < -0.4 is 10.3 Å². The van der Waals surface area contributed by atoms with Gasteiger partial charge in [-0.2, -0.15) is 5.10 Å². The SMILES string of the molecule is CCN(CCO)c1ccc(/C=N\NC(=O)c2ccccc2)c(C)c1. The van der Waals surface area contributed by atoms with Crippen LogP contribution in [-0.4, -0.2) is 36.9 Å². The Balaban J connectivity index is 2.03. The Labute approximate surface area is 142 Å². The lowest BCUT2D eigenvalue weighted by atomic mass is 10.1. The minimum absolute atomic E-state index is 0.127. The van der Waals surface area contributed by atoms with Crippen LogP contribution in [0.3, 0.4) is 0 Å². The fraction of sp³-hybridized carbons (Fsp3) is 0.263. The van der Waals surface area contributed by atoms with E-state index in [-0.39, 0.29) is 12.5 Å². The van der Waals surface area contributed by atoms with Crippen molar-refractivity contribution >= 4 is 17.8 Å². The first-order chi connectivity index (χ1) is 11.7. The Bertz CT molecular complexity index is 699. The van der Waals surface area contributed by atoms with E-state index in [0.717, 1.165) is 23.4 Å². The number of carbonyl (C=O) groups is 1. The molecule has 0 saturated carbocycles. The number of hydrogen-bond acceptors (Lipinski definition) is 4. The zero-order chi connectivity index (χ0) is 17.4. The molecular weight excluding hydrogens is 302 g/mol. The number of benzene rings is 2. The van der Waals surface area contributed by atoms with Crippen LogP contribution in [0.1, 0.15) is 28.4 Å². The minimum atomic E-state index is -0.235. The van der Waals surface area contributed by atoms with Crippen molar-refractivity contribution in [2.75, 3.05) is 24.6 Å². The van der Waals surface area contributed by atoms with E-state index in [0.29, 0.717) is 12.1 Å². The predicted octanol–water partition coefficient (Wildman–Crippen LogP) is 2.58. The number of hydrogen-bond donors (Lipinski definition) is 2. The van der Waals surface area contributed by atoms with Gasteiger partial charge in [-0.15, -0.1) is 0 Å². The number of likely N-dealkylation sites (N-methyl/N-ethyl adjacent to an activating group) is 1. The number of aliphatic hydroxyl groups is 1. The summed E-state index contributed by atoms with van der Waals surface area (Å²) in [5.41, 5.74) is 6.16. The lowest BCUT2D eigenvalue weighted by molar-refractivity contribution is 0.0955. The number of nitrogens with one attached hydrogen (secondary N) is 1. The maximum absolute atomic E-state index is 11.9. The van der Waals surface area contributed by atoms with E-state index >= 15 is 0 Å². The van der Waals surface area contributed by atoms with Crippen LogP contribution in [0.25, 0.3) is 0 Å². The van der Waals surface area contributed by atoms with Crippen molar-refractivity contribution in [3.63, 3.8) is 0 Å². The van der Waals surface area contributed by atoms with E-state index in [9.17, 15) is 4.79 Å². The van der Waals surface area contributed by atoms with Gasteiger partial charge in [0.1, 0.15) is 0 Å². The monoisotopic (exact) mass is 325 g/mol. The molecule has 0 spiro atoms. The van der Waals surface area contributed by atoms with E-state index in [4.69, 9.17) is 5.11 Å². The molecule has 24 heavy (non-hydrogen) atoms. The molecule has 2 N–H and O–H groups in total. The lowest BCUT2D eigenvalue weighted by Gasteiger charge is -2.22. The molecule has 0 aliphatic carbocycles. The summed E-state index contributed by atoms with van der Waals surface area (Å²) in [5, 5.41) is 13.1. The Hall–Kier alpha value is -2.66. The number of hydrazone groups is 1. The second-order valence-electron chi connectivity index (χ2n) is 5.41. The first-order valence-electron chi connectivity index (χ1n) is 8.00. The molecule has 0 bridgehead atoms. The second kappa shape index (κ2) is 8.84. The molecule has 0 atom stereocenters. The predicted molar refractivity (Wildman–Crippen MR) is 97.7 cm³/mol. The van der Waals surface area contributed by atoms with Crippen molar-refractivity contribution in [1.29, 1.82) is 0 Å². The lowest BCUT2D eigenvalue weighted by Crippen LogP contribution is -2.26. The van der Waals surface area contributed by atoms with E-state index < -0.39 is 0 Å². The Morgan fingerprint density at radius 2 is 2.00 bits per heavy atom. The molecule has 0 aliphatic rings. The van der Waals surface area contributed by atoms with Gasteiger partial charge in [-0.25, -0.2) is 5.43 Å². The van der Waals surface area contributed by atoms with E-state index in [1.807, 2.05) is 37.3 Å². The van der Waals surface area contributed by atoms with Gasteiger partial charge in [0.2, 0.25) is 0 Å². The minimum Gasteiger partial charge on any atom is -0.395 e. The summed E-state index contributed by atoms with van der Waals surface area (Å²) in [7, 11) is 0. The topological polar surface area (TPSA) is 64.9 Å². The molecule has 2 rings (SSSR count). The largest absolute Gasteiger partial charge is 0.395 e. The van der Waals surface area contributed by atoms with Crippen LogP contribution in [0.2, 0.25) is 0 Å². The van der Waals surface area contributed by atoms with Crippen LogP contribution >= 0.6 is 0 Å². The molecule has 0 aliphatic heterocycles. The van der Waals surface area contributed by atoms with Crippen LogP contribution in [0.15, 0.2) is 53.6 Å². The van der Waals surface area contributed by atoms with Crippen molar-refractivity contribution in [3.05, 3.63) is 65.2 Å². The maximum atomic E-state index is 11.9. The van der Waals surface area contributed by atoms with Gasteiger partial charge >= 0.3 is 0 Å². The third kappa shape index (κ3) is 4.67. The quantitative estimate of drug-likeness (QED) is 0.607. The molecule has 5 heteroatoms. The van der Waals surface area contributed by atoms with Crippen LogP contribution in [-0.2, 0) is 0 Å². The Morgan fingerprint density at radius 1 is 1.25 bits per heavy atom. The molecule has 2 aromatic carbocycles. The molecule has 0 radical (unpaired) electrons. The summed E-state index contributed by atoms with van der Waals surface area (Å²) in [6.45, 7) is 5.62. The van der Waals surface area contributed by atoms with Crippen LogP contribution in [0, 0.1) is 6.92 Å². The molecule has 2 aromatic rings. The average Bonchev–Trinajstić information content (AvgIpc) is 2.61. The van der Waals surface area contributed by atoms with E-state index in [1.54, 1.807) is 18.3 Å². The van der Waals surface area contributed by atoms with E-state index in [1.165, 1.54) is 0 Å². The van der Waals surface area contributed by atoms with Gasteiger partial charge in [0.15, 0.2) is 0 Å². The molecular formula is C19H23N3O2. The number of amides is 1. The number of aryl methyl sites for hydroxylation is 1.